The first kappa shape index (κ1) is 13.4. The van der Waals surface area contributed by atoms with E-state index >= 15 is 0 Å². The third-order valence-electron chi connectivity index (χ3n) is 3.03. The van der Waals surface area contributed by atoms with E-state index in [9.17, 15) is 14.7 Å². The minimum atomic E-state index is -0.431. The quantitative estimate of drug-likeness (QED) is 0.707. The van der Waals surface area contributed by atoms with Gasteiger partial charge in [0.05, 0.1) is 6.54 Å². The summed E-state index contributed by atoms with van der Waals surface area (Å²) in [5.41, 5.74) is 0.645. The number of rotatable bonds is 3. The zero-order valence-corrected chi connectivity index (χ0v) is 10.7. The third kappa shape index (κ3) is 3.03. The number of benzene rings is 1. The normalized spacial score (nSPS) is 18.8. The minimum Gasteiger partial charge on any atom is -0.508 e. The van der Waals surface area contributed by atoms with Crippen LogP contribution in [0, 0.1) is 0 Å². The molecule has 1 saturated heterocycles. The summed E-state index contributed by atoms with van der Waals surface area (Å²) in [5, 5.41) is 15.0. The summed E-state index contributed by atoms with van der Waals surface area (Å²) in [4.78, 5) is 25.0. The Morgan fingerprint density at radius 1 is 1.53 bits per heavy atom. The first-order valence-electron chi connectivity index (χ1n) is 6.22. The second-order valence-corrected chi connectivity index (χ2v) is 4.34. The fraction of sp³-hybridized carbons (Fsp3) is 0.385. The van der Waals surface area contributed by atoms with Crippen molar-refractivity contribution in [2.75, 3.05) is 24.5 Å². The molecule has 1 aromatic carbocycles. The lowest BCUT2D eigenvalue weighted by molar-refractivity contribution is -0.125. The van der Waals surface area contributed by atoms with Gasteiger partial charge in [-0.3, -0.25) is 14.9 Å². The molecule has 2 amide bonds. The number of carbonyl (C=O) groups is 2. The summed E-state index contributed by atoms with van der Waals surface area (Å²) < 4.78 is 0. The van der Waals surface area contributed by atoms with Gasteiger partial charge in [0.2, 0.25) is 11.8 Å². The van der Waals surface area contributed by atoms with Crippen molar-refractivity contribution >= 4 is 17.5 Å². The lowest BCUT2D eigenvalue weighted by Gasteiger charge is -2.29. The van der Waals surface area contributed by atoms with E-state index in [0.717, 1.165) is 0 Å². The molecule has 1 atom stereocenters. The Bertz CT molecular complexity index is 480. The van der Waals surface area contributed by atoms with Gasteiger partial charge >= 0.3 is 0 Å². The molecule has 6 nitrogen and oxygen atoms in total. The number of hydrogen-bond donors (Lipinski definition) is 3. The average Bonchev–Trinajstić information content (AvgIpc) is 2.40. The maximum atomic E-state index is 12.4. The zero-order chi connectivity index (χ0) is 13.8. The summed E-state index contributed by atoms with van der Waals surface area (Å²) in [7, 11) is 0. The van der Waals surface area contributed by atoms with Crippen LogP contribution in [0.2, 0.25) is 0 Å². The van der Waals surface area contributed by atoms with Crippen molar-refractivity contribution in [3.8, 4) is 5.75 Å². The third-order valence-corrected chi connectivity index (χ3v) is 3.03. The molecule has 6 heteroatoms. The smallest absolute Gasteiger partial charge is 0.245 e. The Balaban J connectivity index is 2.13. The largest absolute Gasteiger partial charge is 0.508 e. The molecule has 1 unspecified atom stereocenters. The van der Waals surface area contributed by atoms with Crippen LogP contribution in [0.25, 0.3) is 0 Å². The molecule has 0 bridgehead atoms. The van der Waals surface area contributed by atoms with E-state index in [1.807, 2.05) is 6.92 Å². The fourth-order valence-electron chi connectivity index (χ4n) is 2.06. The van der Waals surface area contributed by atoms with Gasteiger partial charge in [-0.25, -0.2) is 0 Å². The molecule has 1 aliphatic heterocycles. The van der Waals surface area contributed by atoms with Crippen LogP contribution in [0.1, 0.15) is 6.92 Å². The number of nitrogens with one attached hydrogen (secondary N) is 2. The van der Waals surface area contributed by atoms with Gasteiger partial charge in [-0.05, 0) is 19.1 Å². The minimum absolute atomic E-state index is 0.107. The molecule has 2 rings (SSSR count). The van der Waals surface area contributed by atoms with E-state index in [1.54, 1.807) is 29.2 Å². The summed E-state index contributed by atoms with van der Waals surface area (Å²) >= 11 is 0. The molecular formula is C13H17N3O3. The Morgan fingerprint density at radius 2 is 2.32 bits per heavy atom. The van der Waals surface area contributed by atoms with Gasteiger partial charge in [0.25, 0.3) is 0 Å². The molecule has 1 aliphatic rings. The van der Waals surface area contributed by atoms with Crippen LogP contribution >= 0.6 is 0 Å². The van der Waals surface area contributed by atoms with Crippen LogP contribution in [0.3, 0.4) is 0 Å². The summed E-state index contributed by atoms with van der Waals surface area (Å²) in [6, 6.07) is 6.13. The highest BCUT2D eigenvalue weighted by Gasteiger charge is 2.28. The van der Waals surface area contributed by atoms with Crippen LogP contribution in [0.5, 0.6) is 5.75 Å². The lowest BCUT2D eigenvalue weighted by atomic mass is 10.1. The van der Waals surface area contributed by atoms with Crippen molar-refractivity contribution in [1.29, 1.82) is 0 Å². The van der Waals surface area contributed by atoms with Crippen molar-refractivity contribution in [2.24, 2.45) is 0 Å². The van der Waals surface area contributed by atoms with Gasteiger partial charge in [0.1, 0.15) is 11.8 Å². The highest BCUT2D eigenvalue weighted by Crippen LogP contribution is 2.20. The molecule has 1 heterocycles. The summed E-state index contributed by atoms with van der Waals surface area (Å²) in [6.45, 7) is 2.79. The average molecular weight is 263 g/mol. The topological polar surface area (TPSA) is 81.7 Å². The number of amides is 2. The van der Waals surface area contributed by atoms with E-state index in [0.29, 0.717) is 12.2 Å². The number of phenols is 1. The highest BCUT2D eigenvalue weighted by molar-refractivity contribution is 5.98. The van der Waals surface area contributed by atoms with Crippen molar-refractivity contribution < 1.29 is 14.7 Å². The predicted molar refractivity (Wildman–Crippen MR) is 70.9 cm³/mol. The number of aromatic hydroxyl groups is 1. The van der Waals surface area contributed by atoms with Crippen molar-refractivity contribution in [3.05, 3.63) is 24.3 Å². The number of carbonyl (C=O) groups excluding carboxylic acids is 2. The Hall–Kier alpha value is -2.08. The van der Waals surface area contributed by atoms with Crippen LogP contribution in [0.4, 0.5) is 5.69 Å². The fourth-order valence-corrected chi connectivity index (χ4v) is 2.06. The van der Waals surface area contributed by atoms with Crippen molar-refractivity contribution in [2.45, 2.75) is 13.0 Å². The number of piperazine rings is 1. The van der Waals surface area contributed by atoms with Gasteiger partial charge in [-0.1, -0.05) is 6.07 Å². The zero-order valence-electron chi connectivity index (χ0n) is 10.7. The molecule has 0 aliphatic carbocycles. The van der Waals surface area contributed by atoms with Crippen molar-refractivity contribution in [1.82, 2.24) is 10.6 Å². The molecule has 19 heavy (non-hydrogen) atoms. The maximum absolute atomic E-state index is 12.4. The van der Waals surface area contributed by atoms with Gasteiger partial charge < -0.3 is 15.3 Å². The van der Waals surface area contributed by atoms with Crippen molar-refractivity contribution in [3.63, 3.8) is 0 Å². The van der Waals surface area contributed by atoms with Crippen LogP contribution in [-0.4, -0.2) is 42.6 Å². The molecule has 1 fully saturated rings. The number of anilines is 1. The SMILES string of the molecule is CCN(C(=O)C1CNC(=O)CN1)c1cccc(O)c1. The van der Waals surface area contributed by atoms with Crippen LogP contribution in [0.15, 0.2) is 24.3 Å². The van der Waals surface area contributed by atoms with Crippen LogP contribution in [-0.2, 0) is 9.59 Å². The molecule has 0 aromatic heterocycles. The van der Waals surface area contributed by atoms with E-state index in [2.05, 4.69) is 10.6 Å². The van der Waals surface area contributed by atoms with Gasteiger partial charge in [-0.2, -0.15) is 0 Å². The molecular weight excluding hydrogens is 246 g/mol. The first-order valence-corrected chi connectivity index (χ1v) is 6.22. The number of nitrogens with zero attached hydrogens (tertiary/aromatic N) is 1. The molecule has 102 valence electrons. The number of hydrogen-bond acceptors (Lipinski definition) is 4. The van der Waals surface area contributed by atoms with Gasteiger partial charge in [0, 0.05) is 24.8 Å². The highest BCUT2D eigenvalue weighted by atomic mass is 16.3. The second-order valence-electron chi connectivity index (χ2n) is 4.34. The molecule has 0 radical (unpaired) electrons. The Kier molecular flexibility index (Phi) is 4.01. The first-order chi connectivity index (χ1) is 9.11. The van der Waals surface area contributed by atoms with E-state index in [1.165, 1.54) is 0 Å². The molecule has 1 aromatic rings. The standard InChI is InChI=1S/C13H17N3O3/c1-2-16(9-4-3-5-10(17)6-9)13(19)11-7-15-12(18)8-14-11/h3-6,11,14,17H,2,7-8H2,1H3,(H,15,18). The predicted octanol–water partition coefficient (Wildman–Crippen LogP) is -0.167. The van der Waals surface area contributed by atoms with E-state index < -0.39 is 6.04 Å². The second kappa shape index (κ2) is 5.71. The van der Waals surface area contributed by atoms with Gasteiger partial charge in [0.15, 0.2) is 0 Å². The number of phenolic OH excluding ortho intramolecular Hbond substituents is 1. The lowest BCUT2D eigenvalue weighted by Crippen LogP contribution is -2.58. The maximum Gasteiger partial charge on any atom is 0.245 e. The molecule has 3 N–H and O–H groups in total. The Labute approximate surface area is 111 Å². The van der Waals surface area contributed by atoms with Crippen LogP contribution < -0.4 is 15.5 Å². The molecule has 0 spiro atoms. The van der Waals surface area contributed by atoms with E-state index in [-0.39, 0.29) is 30.7 Å². The monoisotopic (exact) mass is 263 g/mol. The molecule has 0 saturated carbocycles. The number of likely N-dealkylation sites (N-methyl/N-ethyl adjacent to an activating group) is 1. The summed E-state index contributed by atoms with van der Waals surface area (Å²) in [5.74, 6) is -0.105. The summed E-state index contributed by atoms with van der Waals surface area (Å²) in [6.07, 6.45) is 0. The van der Waals surface area contributed by atoms with Gasteiger partial charge in [-0.15, -0.1) is 0 Å². The Morgan fingerprint density at radius 3 is 2.89 bits per heavy atom. The van der Waals surface area contributed by atoms with E-state index in [4.69, 9.17) is 0 Å².